The number of benzene rings is 2. The highest BCUT2D eigenvalue weighted by Crippen LogP contribution is 2.47. The van der Waals surface area contributed by atoms with E-state index in [4.69, 9.17) is 14.2 Å². The van der Waals surface area contributed by atoms with Gasteiger partial charge in [-0.2, -0.15) is 0 Å². The number of aliphatic carboxylic acids is 1. The number of nitrogens with zero attached hydrogens (tertiary/aromatic N) is 5. The molecule has 248 valence electrons. The lowest BCUT2D eigenvalue weighted by atomic mass is 9.83. The molecule has 0 aliphatic carbocycles. The summed E-state index contributed by atoms with van der Waals surface area (Å²) in [5.41, 5.74) is 2.83. The second-order valence-corrected chi connectivity index (χ2v) is 13.4. The van der Waals surface area contributed by atoms with Gasteiger partial charge in [0.05, 0.1) is 40.7 Å². The highest BCUT2D eigenvalue weighted by atomic mass is 16.7. The summed E-state index contributed by atoms with van der Waals surface area (Å²) in [6, 6.07) is 11.5. The lowest BCUT2D eigenvalue weighted by molar-refractivity contribution is -0.884. The van der Waals surface area contributed by atoms with Crippen LogP contribution in [0.3, 0.4) is 0 Å². The molecule has 2 aliphatic heterocycles. The quantitative estimate of drug-likeness (QED) is 0.262. The molecule has 0 saturated carbocycles. The third-order valence-electron chi connectivity index (χ3n) is 8.98. The molecule has 3 heterocycles. The zero-order valence-corrected chi connectivity index (χ0v) is 27.9. The number of carbonyl (C=O) groups is 2. The lowest BCUT2D eigenvalue weighted by Gasteiger charge is -2.30. The number of carbonyl (C=O) groups excluding carboxylic acids is 1. The minimum absolute atomic E-state index is 0.0362. The van der Waals surface area contributed by atoms with E-state index in [9.17, 15) is 14.7 Å². The summed E-state index contributed by atoms with van der Waals surface area (Å²) in [7, 11) is 9.95. The highest BCUT2D eigenvalue weighted by molar-refractivity contribution is 5.95. The van der Waals surface area contributed by atoms with Gasteiger partial charge in [-0.25, -0.2) is 4.98 Å². The van der Waals surface area contributed by atoms with Crippen LogP contribution in [-0.4, -0.2) is 96.6 Å². The van der Waals surface area contributed by atoms with E-state index in [0.29, 0.717) is 43.2 Å². The number of hydrogen-bond donors (Lipinski definition) is 1. The van der Waals surface area contributed by atoms with Crippen LogP contribution in [0.4, 0.5) is 5.69 Å². The number of ether oxygens (including phenoxy) is 3. The van der Waals surface area contributed by atoms with Crippen molar-refractivity contribution in [3.05, 3.63) is 65.7 Å². The first-order valence-corrected chi connectivity index (χ1v) is 16.1. The summed E-state index contributed by atoms with van der Waals surface area (Å²) in [6.07, 6.45) is 6.59. The van der Waals surface area contributed by atoms with Gasteiger partial charge in [0.2, 0.25) is 18.4 Å². The number of methoxy groups -OCH3 is 1. The smallest absolute Gasteiger partial charge is 0.308 e. The average Bonchev–Trinajstić information content (AvgIpc) is 3.73. The largest absolute Gasteiger partial charge is 0.493 e. The van der Waals surface area contributed by atoms with Gasteiger partial charge in [-0.15, -0.1) is 0 Å². The van der Waals surface area contributed by atoms with E-state index in [2.05, 4.69) is 50.1 Å². The molecule has 1 N–H and O–H groups in total. The fourth-order valence-electron chi connectivity index (χ4n) is 6.81. The molecule has 0 bridgehead atoms. The Bertz CT molecular complexity index is 1530. The molecule has 2 aromatic carbocycles. The van der Waals surface area contributed by atoms with E-state index >= 15 is 0 Å². The Hall–Kier alpha value is -4.09. The Labute approximate surface area is 271 Å². The van der Waals surface area contributed by atoms with Crippen LogP contribution < -0.4 is 19.1 Å². The minimum atomic E-state index is -0.891. The minimum Gasteiger partial charge on any atom is -0.493 e. The molecule has 1 fully saturated rings. The molecule has 11 heteroatoms. The third kappa shape index (κ3) is 7.47. The Morgan fingerprint density at radius 1 is 1.17 bits per heavy atom. The number of hydrogen-bond acceptors (Lipinski definition) is 7. The van der Waals surface area contributed by atoms with Crippen LogP contribution in [0.15, 0.2) is 48.8 Å². The SMILES string of the molecule is CCCCN(C(=O)CN1CC(c2cc(OC)c3c(c2)OCO3)C(C(=O)O)C1CCc1nccn1C)c1cccc(C[N+](C)(C)C)c1. The molecule has 1 amide bonds. The van der Waals surface area contributed by atoms with Gasteiger partial charge in [0.25, 0.3) is 0 Å². The maximum absolute atomic E-state index is 14.3. The molecule has 1 aromatic heterocycles. The van der Waals surface area contributed by atoms with E-state index < -0.39 is 23.8 Å². The number of unbranched alkanes of at least 4 members (excludes halogenated alkanes) is 1. The van der Waals surface area contributed by atoms with Crippen molar-refractivity contribution in [1.29, 1.82) is 0 Å². The zero-order chi connectivity index (χ0) is 33.0. The maximum atomic E-state index is 14.3. The Morgan fingerprint density at radius 2 is 1.98 bits per heavy atom. The van der Waals surface area contributed by atoms with E-state index in [0.717, 1.165) is 46.5 Å². The number of aromatic nitrogens is 2. The Morgan fingerprint density at radius 3 is 2.65 bits per heavy atom. The number of anilines is 1. The van der Waals surface area contributed by atoms with Crippen molar-refractivity contribution < 1.29 is 33.4 Å². The highest BCUT2D eigenvalue weighted by Gasteiger charge is 2.47. The van der Waals surface area contributed by atoms with Gasteiger partial charge in [0.1, 0.15) is 12.4 Å². The predicted molar refractivity (Wildman–Crippen MR) is 175 cm³/mol. The topological polar surface area (TPSA) is 106 Å². The van der Waals surface area contributed by atoms with Gasteiger partial charge >= 0.3 is 5.97 Å². The number of carboxylic acids is 1. The number of aryl methyl sites for hydroxylation is 2. The van der Waals surface area contributed by atoms with Crippen LogP contribution in [0.1, 0.15) is 49.1 Å². The molecule has 3 atom stereocenters. The summed E-state index contributed by atoms with van der Waals surface area (Å²) in [5.74, 6) is 0.371. The van der Waals surface area contributed by atoms with Crippen LogP contribution in [0.5, 0.6) is 17.2 Å². The molecule has 2 aliphatic rings. The van der Waals surface area contributed by atoms with Crippen LogP contribution in [0.2, 0.25) is 0 Å². The summed E-state index contributed by atoms with van der Waals surface area (Å²) in [4.78, 5) is 35.8. The van der Waals surface area contributed by atoms with Crippen LogP contribution in [-0.2, 0) is 29.6 Å². The predicted octanol–water partition coefficient (Wildman–Crippen LogP) is 4.30. The summed E-state index contributed by atoms with van der Waals surface area (Å²) in [5, 5.41) is 10.7. The molecule has 3 unspecified atom stereocenters. The summed E-state index contributed by atoms with van der Waals surface area (Å²) in [6.45, 7) is 4.15. The summed E-state index contributed by atoms with van der Waals surface area (Å²) >= 11 is 0. The van der Waals surface area contributed by atoms with Crippen molar-refractivity contribution in [2.45, 2.75) is 51.1 Å². The van der Waals surface area contributed by atoms with Crippen molar-refractivity contribution in [2.75, 3.05) is 59.6 Å². The van der Waals surface area contributed by atoms with Crippen LogP contribution >= 0.6 is 0 Å². The first-order chi connectivity index (χ1) is 22.0. The van der Waals surface area contributed by atoms with Crippen molar-refractivity contribution >= 4 is 17.6 Å². The third-order valence-corrected chi connectivity index (χ3v) is 8.98. The average molecular weight is 635 g/mol. The summed E-state index contributed by atoms with van der Waals surface area (Å²) < 4.78 is 19.6. The van der Waals surface area contributed by atoms with Gasteiger partial charge in [-0.3, -0.25) is 14.5 Å². The molecular formula is C35H48N5O6+. The molecule has 0 spiro atoms. The second-order valence-electron chi connectivity index (χ2n) is 13.4. The lowest BCUT2D eigenvalue weighted by Crippen LogP contribution is -2.45. The van der Waals surface area contributed by atoms with E-state index in [1.807, 2.05) is 47.0 Å². The van der Waals surface area contributed by atoms with E-state index in [1.54, 1.807) is 13.3 Å². The van der Waals surface area contributed by atoms with Gasteiger partial charge in [0, 0.05) is 62.2 Å². The first kappa shape index (κ1) is 33.3. The van der Waals surface area contributed by atoms with Crippen LogP contribution in [0.25, 0.3) is 0 Å². The number of rotatable bonds is 14. The second kappa shape index (κ2) is 14.1. The molecule has 46 heavy (non-hydrogen) atoms. The molecule has 5 rings (SSSR count). The van der Waals surface area contributed by atoms with Gasteiger partial charge < -0.3 is 33.3 Å². The van der Waals surface area contributed by atoms with Gasteiger partial charge in [-0.05, 0) is 42.7 Å². The number of fused-ring (bicyclic) bond motifs is 1. The molecule has 0 radical (unpaired) electrons. The molecule has 3 aromatic rings. The van der Waals surface area contributed by atoms with Crippen LogP contribution in [0, 0.1) is 5.92 Å². The van der Waals surface area contributed by atoms with Gasteiger partial charge in [0.15, 0.2) is 11.5 Å². The number of amides is 1. The Balaban J connectivity index is 1.47. The van der Waals surface area contributed by atoms with Crippen molar-refractivity contribution in [3.63, 3.8) is 0 Å². The van der Waals surface area contributed by atoms with E-state index in [1.165, 1.54) is 0 Å². The fraction of sp³-hybridized carbons (Fsp3) is 0.514. The van der Waals surface area contributed by atoms with Crippen molar-refractivity contribution in [1.82, 2.24) is 14.5 Å². The monoisotopic (exact) mass is 634 g/mol. The Kier molecular flexibility index (Phi) is 10.2. The fourth-order valence-corrected chi connectivity index (χ4v) is 6.81. The normalized spacial score (nSPS) is 19.4. The first-order valence-electron chi connectivity index (χ1n) is 16.1. The molecular weight excluding hydrogens is 586 g/mol. The van der Waals surface area contributed by atoms with Gasteiger partial charge in [-0.1, -0.05) is 25.5 Å². The van der Waals surface area contributed by atoms with Crippen molar-refractivity contribution in [2.24, 2.45) is 13.0 Å². The number of quaternary nitrogens is 1. The number of carboxylic acid groups (broad SMARTS) is 1. The van der Waals surface area contributed by atoms with E-state index in [-0.39, 0.29) is 19.2 Å². The zero-order valence-electron chi connectivity index (χ0n) is 27.9. The number of imidazole rings is 1. The molecule has 1 saturated heterocycles. The van der Waals surface area contributed by atoms with Crippen molar-refractivity contribution in [3.8, 4) is 17.2 Å². The standard InChI is InChI=1S/C35H47N5O6/c1-7-8-15-39(26-11-9-10-24(17-26)22-40(3,4)5)32(41)21-38-20-27(25-18-29(44-6)34-30(19-25)45-23-46-34)33(35(42)43)28(38)12-13-31-36-14-16-37(31)2/h9-11,14,16-19,27-28,33H,7-8,12-13,15,20-23H2,1-6H3/p+1. The molecule has 11 nitrogen and oxygen atoms in total. The maximum Gasteiger partial charge on any atom is 0.308 e. The number of likely N-dealkylation sites (tertiary alicyclic amines) is 1.